The minimum atomic E-state index is -1.66. The van der Waals surface area contributed by atoms with Crippen molar-refractivity contribution in [2.45, 2.75) is 24.9 Å². The van der Waals surface area contributed by atoms with Gasteiger partial charge in [-0.15, -0.1) is 0 Å². The van der Waals surface area contributed by atoms with Crippen molar-refractivity contribution < 1.29 is 20.4 Å². The van der Waals surface area contributed by atoms with E-state index in [1.54, 1.807) is 0 Å². The molecular formula is C9H15N3O5. The van der Waals surface area contributed by atoms with Crippen LogP contribution in [0.25, 0.3) is 0 Å². The van der Waals surface area contributed by atoms with Crippen LogP contribution in [0.15, 0.2) is 17.1 Å². The number of rotatable bonds is 5. The lowest BCUT2D eigenvalue weighted by atomic mass is 10.1. The van der Waals surface area contributed by atoms with Crippen LogP contribution >= 0.6 is 0 Å². The Morgan fingerprint density at radius 1 is 1.41 bits per heavy atom. The monoisotopic (exact) mass is 245 g/mol. The van der Waals surface area contributed by atoms with Crippen LogP contribution in [-0.2, 0) is 0 Å². The van der Waals surface area contributed by atoms with Gasteiger partial charge in [-0.1, -0.05) is 0 Å². The molecule has 6 N–H and O–H groups in total. The lowest BCUT2D eigenvalue weighted by molar-refractivity contribution is -0.0974. The first-order valence-corrected chi connectivity index (χ1v) is 4.97. The fraction of sp³-hybridized carbons (Fsp3) is 0.556. The summed E-state index contributed by atoms with van der Waals surface area (Å²) in [6.07, 6.45) is -3.57. The van der Waals surface area contributed by atoms with Crippen LogP contribution in [0, 0.1) is 0 Å². The lowest BCUT2D eigenvalue weighted by Crippen LogP contribution is -2.40. The predicted octanol–water partition coefficient (Wildman–Crippen LogP) is -2.58. The summed E-state index contributed by atoms with van der Waals surface area (Å²) in [5.41, 5.74) is 4.42. The smallest absolute Gasteiger partial charge is 0.351 e. The van der Waals surface area contributed by atoms with Gasteiger partial charge in [0.05, 0.1) is 6.10 Å². The molecule has 1 rings (SSSR count). The van der Waals surface area contributed by atoms with Crippen LogP contribution in [0.5, 0.6) is 0 Å². The average Bonchev–Trinajstić information content (AvgIpc) is 2.27. The van der Waals surface area contributed by atoms with E-state index in [1.807, 2.05) is 0 Å². The maximum Gasteiger partial charge on any atom is 0.351 e. The zero-order chi connectivity index (χ0) is 13.0. The summed E-state index contributed by atoms with van der Waals surface area (Å²) in [6.45, 7) is -0.347. The van der Waals surface area contributed by atoms with Gasteiger partial charge in [0, 0.05) is 12.8 Å². The zero-order valence-corrected chi connectivity index (χ0v) is 8.97. The van der Waals surface area contributed by atoms with Crippen LogP contribution < -0.4 is 11.4 Å². The van der Waals surface area contributed by atoms with Crippen LogP contribution in [0.3, 0.4) is 0 Å². The molecule has 1 aromatic heterocycles. The van der Waals surface area contributed by atoms with Gasteiger partial charge in [0.15, 0.2) is 6.23 Å². The van der Waals surface area contributed by atoms with Crippen LogP contribution in [0.2, 0.25) is 0 Å². The third-order valence-electron chi connectivity index (χ3n) is 2.26. The van der Waals surface area contributed by atoms with E-state index < -0.39 is 24.1 Å². The maximum absolute atomic E-state index is 11.3. The summed E-state index contributed by atoms with van der Waals surface area (Å²) in [7, 11) is 0. The van der Waals surface area contributed by atoms with Gasteiger partial charge < -0.3 is 26.2 Å². The second kappa shape index (κ2) is 5.73. The number of nitrogens with zero attached hydrogens (tertiary/aromatic N) is 2. The molecule has 0 spiro atoms. The molecule has 0 aliphatic heterocycles. The Kier molecular flexibility index (Phi) is 4.58. The number of aromatic nitrogens is 2. The summed E-state index contributed by atoms with van der Waals surface area (Å²) in [5.74, 6) is -0.0103. The summed E-state index contributed by atoms with van der Waals surface area (Å²) >= 11 is 0. The summed E-state index contributed by atoms with van der Waals surface area (Å²) in [4.78, 5) is 14.7. The minimum Gasteiger partial charge on any atom is -0.396 e. The van der Waals surface area contributed by atoms with Gasteiger partial charge in [-0.25, -0.2) is 4.79 Å². The molecule has 0 bridgehead atoms. The number of nitrogen functional groups attached to an aromatic ring is 1. The highest BCUT2D eigenvalue weighted by Crippen LogP contribution is 2.11. The molecule has 0 amide bonds. The van der Waals surface area contributed by atoms with Crippen molar-refractivity contribution in [2.75, 3.05) is 12.3 Å². The fourth-order valence-corrected chi connectivity index (χ4v) is 1.29. The molecule has 0 aliphatic carbocycles. The molecule has 0 saturated carbocycles. The SMILES string of the molecule is Nc1ccn([C@H](O)[C@@H](O)[C@@H](O)CCO)c(=O)n1. The number of aliphatic hydroxyl groups excluding tert-OH is 4. The van der Waals surface area contributed by atoms with E-state index in [0.717, 1.165) is 10.8 Å². The highest BCUT2D eigenvalue weighted by atomic mass is 16.4. The van der Waals surface area contributed by atoms with Crippen molar-refractivity contribution in [1.82, 2.24) is 9.55 Å². The molecule has 1 aromatic rings. The Morgan fingerprint density at radius 2 is 2.06 bits per heavy atom. The van der Waals surface area contributed by atoms with Gasteiger partial charge in [-0.2, -0.15) is 4.98 Å². The van der Waals surface area contributed by atoms with E-state index in [-0.39, 0.29) is 18.8 Å². The second-order valence-corrected chi connectivity index (χ2v) is 3.53. The molecule has 0 unspecified atom stereocenters. The Balaban J connectivity index is 2.88. The average molecular weight is 245 g/mol. The molecule has 0 radical (unpaired) electrons. The number of anilines is 1. The van der Waals surface area contributed by atoms with Crippen molar-refractivity contribution in [3.8, 4) is 0 Å². The van der Waals surface area contributed by atoms with Crippen molar-refractivity contribution in [1.29, 1.82) is 0 Å². The largest absolute Gasteiger partial charge is 0.396 e. The first kappa shape index (κ1) is 13.6. The van der Waals surface area contributed by atoms with Crippen LogP contribution in [0.1, 0.15) is 12.6 Å². The lowest BCUT2D eigenvalue weighted by Gasteiger charge is -2.23. The van der Waals surface area contributed by atoms with Crippen molar-refractivity contribution >= 4 is 5.82 Å². The Morgan fingerprint density at radius 3 is 2.59 bits per heavy atom. The summed E-state index contributed by atoms with van der Waals surface area (Å²) in [6, 6.07) is 1.27. The number of hydrogen-bond acceptors (Lipinski definition) is 7. The van der Waals surface area contributed by atoms with E-state index in [2.05, 4.69) is 4.98 Å². The third-order valence-corrected chi connectivity index (χ3v) is 2.26. The predicted molar refractivity (Wildman–Crippen MR) is 57.9 cm³/mol. The highest BCUT2D eigenvalue weighted by molar-refractivity contribution is 5.23. The number of aliphatic hydroxyl groups is 4. The summed E-state index contributed by atoms with van der Waals surface area (Å²) < 4.78 is 0.738. The molecule has 0 aromatic carbocycles. The minimum absolute atomic E-state index is 0.0103. The first-order valence-electron chi connectivity index (χ1n) is 4.97. The number of hydrogen-bond donors (Lipinski definition) is 5. The van der Waals surface area contributed by atoms with Crippen LogP contribution in [-0.4, -0.2) is 48.8 Å². The van der Waals surface area contributed by atoms with Crippen molar-refractivity contribution in [3.63, 3.8) is 0 Å². The van der Waals surface area contributed by atoms with E-state index in [4.69, 9.17) is 10.8 Å². The fourth-order valence-electron chi connectivity index (χ4n) is 1.29. The summed E-state index contributed by atoms with van der Waals surface area (Å²) in [5, 5.41) is 37.1. The number of nitrogens with two attached hydrogens (primary N) is 1. The highest BCUT2D eigenvalue weighted by Gasteiger charge is 2.26. The van der Waals surface area contributed by atoms with Crippen molar-refractivity contribution in [2.24, 2.45) is 0 Å². The van der Waals surface area contributed by atoms with Crippen molar-refractivity contribution in [3.05, 3.63) is 22.7 Å². The normalized spacial score (nSPS) is 16.5. The molecule has 0 saturated heterocycles. The van der Waals surface area contributed by atoms with E-state index in [9.17, 15) is 20.1 Å². The topological polar surface area (TPSA) is 142 Å². The van der Waals surface area contributed by atoms with Gasteiger partial charge in [-0.3, -0.25) is 4.57 Å². The van der Waals surface area contributed by atoms with Crippen LogP contribution in [0.4, 0.5) is 5.82 Å². The first-order chi connectivity index (χ1) is 7.97. The standard InChI is InChI=1S/C9H15N3O5/c10-6-1-3-12(9(17)11-6)8(16)7(15)5(14)2-4-13/h1,3,5,7-8,13-16H,2,4H2,(H2,10,11,17)/t5-,7-,8+/m0/s1. The van der Waals surface area contributed by atoms with Gasteiger partial charge in [0.2, 0.25) is 0 Å². The molecule has 0 aliphatic rings. The quantitative estimate of drug-likeness (QED) is 0.383. The van der Waals surface area contributed by atoms with E-state index in [0.29, 0.717) is 0 Å². The second-order valence-electron chi connectivity index (χ2n) is 3.53. The Hall–Kier alpha value is -1.48. The maximum atomic E-state index is 11.3. The Labute approximate surface area is 96.6 Å². The van der Waals surface area contributed by atoms with Gasteiger partial charge in [0.25, 0.3) is 0 Å². The molecule has 8 nitrogen and oxygen atoms in total. The molecule has 96 valence electrons. The molecule has 3 atom stereocenters. The Bertz CT molecular complexity index is 421. The third kappa shape index (κ3) is 3.24. The molecule has 1 heterocycles. The molecule has 0 fully saturated rings. The molecule has 17 heavy (non-hydrogen) atoms. The van der Waals surface area contributed by atoms with Gasteiger partial charge >= 0.3 is 5.69 Å². The molecular weight excluding hydrogens is 230 g/mol. The molecule has 8 heteroatoms. The van der Waals surface area contributed by atoms with Gasteiger partial charge in [0.1, 0.15) is 11.9 Å². The van der Waals surface area contributed by atoms with E-state index in [1.165, 1.54) is 6.07 Å². The zero-order valence-electron chi connectivity index (χ0n) is 8.97. The van der Waals surface area contributed by atoms with Gasteiger partial charge in [-0.05, 0) is 12.5 Å². The van der Waals surface area contributed by atoms with E-state index >= 15 is 0 Å².